The van der Waals surface area contributed by atoms with Crippen molar-refractivity contribution in [3.05, 3.63) is 41.3 Å². The highest BCUT2D eigenvalue weighted by Crippen LogP contribution is 2.20. The van der Waals surface area contributed by atoms with Crippen molar-refractivity contribution in [2.45, 2.75) is 57.2 Å². The first-order valence-electron chi connectivity index (χ1n) is 8.08. The van der Waals surface area contributed by atoms with Crippen LogP contribution in [0.15, 0.2) is 33.9 Å². The molecule has 0 aliphatic heterocycles. The number of benzene rings is 1. The zero-order chi connectivity index (χ0) is 19.5. The fraction of sp³-hybridized carbons (Fsp3) is 0.471. The number of ether oxygens (including phenoxy) is 1. The number of aryl methyl sites for hydroxylation is 1. The maximum atomic E-state index is 12.5. The molecule has 0 radical (unpaired) electrons. The van der Waals surface area contributed by atoms with Gasteiger partial charge in [0.15, 0.2) is 0 Å². The summed E-state index contributed by atoms with van der Waals surface area (Å²) in [6.07, 6.45) is -0.660. The standard InChI is InChI=1S/C17H23N3O5S/c1-11-8-6-7-9-13(11)10-26(22,23)16-20-19-14(24-16)12(2)18-15(21)25-17(3,4)5/h6-9,12H,10H2,1-5H3,(H,18,21)/t12-/m0/s1. The highest BCUT2D eigenvalue weighted by Gasteiger charge is 2.26. The summed E-state index contributed by atoms with van der Waals surface area (Å²) < 4.78 is 35.4. The molecular weight excluding hydrogens is 358 g/mol. The third-order valence-electron chi connectivity index (χ3n) is 3.40. The number of carbonyl (C=O) groups is 1. The van der Waals surface area contributed by atoms with Gasteiger partial charge >= 0.3 is 11.3 Å². The minimum atomic E-state index is -3.79. The van der Waals surface area contributed by atoms with Crippen LogP contribution in [0.2, 0.25) is 0 Å². The number of amides is 1. The number of nitrogens with one attached hydrogen (secondary N) is 1. The van der Waals surface area contributed by atoms with Crippen LogP contribution in [0.3, 0.4) is 0 Å². The van der Waals surface area contributed by atoms with Crippen LogP contribution in [-0.2, 0) is 20.3 Å². The van der Waals surface area contributed by atoms with E-state index in [1.807, 2.05) is 19.1 Å². The summed E-state index contributed by atoms with van der Waals surface area (Å²) in [5.41, 5.74) is 0.865. The van der Waals surface area contributed by atoms with Crippen LogP contribution in [0, 0.1) is 6.92 Å². The Bertz CT molecular complexity index is 884. The third kappa shape index (κ3) is 5.29. The monoisotopic (exact) mass is 381 g/mol. The van der Waals surface area contributed by atoms with Crippen molar-refractivity contribution < 1.29 is 22.4 Å². The number of aromatic nitrogens is 2. The van der Waals surface area contributed by atoms with Gasteiger partial charge < -0.3 is 14.5 Å². The minimum absolute atomic E-state index is 0.0146. The molecule has 0 saturated carbocycles. The van der Waals surface area contributed by atoms with Gasteiger partial charge in [0.25, 0.3) is 0 Å². The smallest absolute Gasteiger partial charge is 0.408 e. The summed E-state index contributed by atoms with van der Waals surface area (Å²) >= 11 is 0. The molecule has 26 heavy (non-hydrogen) atoms. The van der Waals surface area contributed by atoms with Crippen molar-refractivity contribution in [2.24, 2.45) is 0 Å². The average Bonchev–Trinajstić information content (AvgIpc) is 2.98. The molecule has 0 saturated heterocycles. The highest BCUT2D eigenvalue weighted by molar-refractivity contribution is 7.90. The van der Waals surface area contributed by atoms with Gasteiger partial charge in [-0.3, -0.25) is 0 Å². The summed E-state index contributed by atoms with van der Waals surface area (Å²) in [4.78, 5) is 11.8. The molecule has 1 N–H and O–H groups in total. The van der Waals surface area contributed by atoms with Crippen molar-refractivity contribution in [3.63, 3.8) is 0 Å². The van der Waals surface area contributed by atoms with E-state index in [0.29, 0.717) is 5.56 Å². The number of carbonyl (C=O) groups excluding carboxylic acids is 1. The number of sulfone groups is 1. The van der Waals surface area contributed by atoms with Gasteiger partial charge in [-0.25, -0.2) is 13.2 Å². The van der Waals surface area contributed by atoms with Gasteiger partial charge in [-0.05, 0) is 45.7 Å². The average molecular weight is 381 g/mol. The molecule has 0 fully saturated rings. The molecule has 9 heteroatoms. The highest BCUT2D eigenvalue weighted by atomic mass is 32.2. The molecule has 0 aliphatic rings. The lowest BCUT2D eigenvalue weighted by Crippen LogP contribution is -2.34. The lowest BCUT2D eigenvalue weighted by atomic mass is 10.1. The quantitative estimate of drug-likeness (QED) is 0.847. The molecule has 0 aliphatic carbocycles. The van der Waals surface area contributed by atoms with E-state index in [2.05, 4.69) is 15.5 Å². The molecule has 2 rings (SSSR count). The molecular formula is C17H23N3O5S. The summed E-state index contributed by atoms with van der Waals surface area (Å²) in [5, 5.41) is 9.40. The predicted molar refractivity (Wildman–Crippen MR) is 94.2 cm³/mol. The lowest BCUT2D eigenvalue weighted by molar-refractivity contribution is 0.0500. The van der Waals surface area contributed by atoms with Crippen LogP contribution in [0.1, 0.15) is 50.8 Å². The van der Waals surface area contributed by atoms with Gasteiger partial charge in [-0.15, -0.1) is 5.10 Å². The van der Waals surface area contributed by atoms with E-state index in [1.165, 1.54) is 0 Å². The Balaban J connectivity index is 2.10. The van der Waals surface area contributed by atoms with E-state index >= 15 is 0 Å². The molecule has 1 aromatic carbocycles. The SMILES string of the molecule is Cc1ccccc1CS(=O)(=O)c1nnc([C@H](C)NC(=O)OC(C)(C)C)o1. The second-order valence-corrected chi connectivity index (χ2v) is 8.83. The number of hydrogen-bond acceptors (Lipinski definition) is 7. The van der Waals surface area contributed by atoms with Crippen molar-refractivity contribution >= 4 is 15.9 Å². The first kappa shape index (κ1) is 19.9. The van der Waals surface area contributed by atoms with Crippen LogP contribution in [-0.4, -0.2) is 30.3 Å². The zero-order valence-electron chi connectivity index (χ0n) is 15.4. The van der Waals surface area contributed by atoms with E-state index in [9.17, 15) is 13.2 Å². The van der Waals surface area contributed by atoms with E-state index in [-0.39, 0.29) is 11.6 Å². The number of rotatable bonds is 5. The largest absolute Gasteiger partial charge is 0.444 e. The van der Waals surface area contributed by atoms with Gasteiger partial charge in [0.1, 0.15) is 11.6 Å². The molecule has 1 amide bonds. The maximum Gasteiger partial charge on any atom is 0.408 e. The molecule has 8 nitrogen and oxygen atoms in total. The molecule has 1 aromatic heterocycles. The molecule has 1 heterocycles. The van der Waals surface area contributed by atoms with Crippen molar-refractivity contribution in [1.29, 1.82) is 0 Å². The number of alkyl carbamates (subject to hydrolysis) is 1. The topological polar surface area (TPSA) is 111 Å². The van der Waals surface area contributed by atoms with Crippen LogP contribution >= 0.6 is 0 Å². The summed E-state index contributed by atoms with van der Waals surface area (Å²) in [6.45, 7) is 8.63. The Morgan fingerprint density at radius 3 is 2.54 bits per heavy atom. The molecule has 0 spiro atoms. The third-order valence-corrected chi connectivity index (χ3v) is 4.79. The maximum absolute atomic E-state index is 12.5. The van der Waals surface area contributed by atoms with Crippen LogP contribution in [0.25, 0.3) is 0 Å². The van der Waals surface area contributed by atoms with Gasteiger partial charge in [0, 0.05) is 0 Å². The van der Waals surface area contributed by atoms with Crippen LogP contribution in [0.4, 0.5) is 4.79 Å². The Hall–Kier alpha value is -2.42. The number of hydrogen-bond donors (Lipinski definition) is 1. The molecule has 1 atom stereocenters. The fourth-order valence-corrected chi connectivity index (χ4v) is 3.34. The predicted octanol–water partition coefficient (Wildman–Crippen LogP) is 2.94. The van der Waals surface area contributed by atoms with Crippen molar-refractivity contribution in [1.82, 2.24) is 15.5 Å². The summed E-state index contributed by atoms with van der Waals surface area (Å²) in [7, 11) is -3.79. The second-order valence-electron chi connectivity index (χ2n) is 6.96. The van der Waals surface area contributed by atoms with Crippen LogP contribution in [0.5, 0.6) is 0 Å². The normalized spacial score (nSPS) is 13.3. The van der Waals surface area contributed by atoms with Gasteiger partial charge in [-0.2, -0.15) is 0 Å². The van der Waals surface area contributed by atoms with Crippen molar-refractivity contribution in [3.8, 4) is 0 Å². The molecule has 142 valence electrons. The van der Waals surface area contributed by atoms with Crippen LogP contribution < -0.4 is 5.32 Å². The van der Waals surface area contributed by atoms with Gasteiger partial charge in [-0.1, -0.05) is 29.4 Å². The van der Waals surface area contributed by atoms with Gasteiger partial charge in [0.05, 0.1) is 5.75 Å². The first-order chi connectivity index (χ1) is 12.0. The summed E-state index contributed by atoms with van der Waals surface area (Å²) in [5.74, 6) is -0.256. The van der Waals surface area contributed by atoms with E-state index in [0.717, 1.165) is 5.56 Å². The summed E-state index contributed by atoms with van der Waals surface area (Å²) in [6, 6.07) is 6.47. The lowest BCUT2D eigenvalue weighted by Gasteiger charge is -2.20. The Kier molecular flexibility index (Phi) is 5.70. The Morgan fingerprint density at radius 1 is 1.27 bits per heavy atom. The van der Waals surface area contributed by atoms with Gasteiger partial charge in [0.2, 0.25) is 15.7 Å². The molecule has 0 unspecified atom stereocenters. The Morgan fingerprint density at radius 2 is 1.92 bits per heavy atom. The minimum Gasteiger partial charge on any atom is -0.444 e. The number of nitrogens with zero attached hydrogens (tertiary/aromatic N) is 2. The second kappa shape index (κ2) is 7.45. The Labute approximate surface area is 152 Å². The fourth-order valence-electron chi connectivity index (χ4n) is 2.11. The van der Waals surface area contributed by atoms with E-state index < -0.39 is 32.8 Å². The zero-order valence-corrected chi connectivity index (χ0v) is 16.3. The van der Waals surface area contributed by atoms with E-state index in [1.54, 1.807) is 39.8 Å². The molecule has 2 aromatic rings. The van der Waals surface area contributed by atoms with E-state index in [4.69, 9.17) is 9.15 Å². The van der Waals surface area contributed by atoms with Crippen molar-refractivity contribution in [2.75, 3.05) is 0 Å². The molecule has 0 bridgehead atoms. The first-order valence-corrected chi connectivity index (χ1v) is 9.73.